The van der Waals surface area contributed by atoms with Crippen LogP contribution in [0.25, 0.3) is 0 Å². The largest absolute Gasteiger partial charge is 0.458 e. The summed E-state index contributed by atoms with van der Waals surface area (Å²) < 4.78 is 4.88. The quantitative estimate of drug-likeness (QED) is 0.718. The summed E-state index contributed by atoms with van der Waals surface area (Å²) in [5.41, 5.74) is -1.22. The summed E-state index contributed by atoms with van der Waals surface area (Å²) in [5, 5.41) is 11.6. The highest BCUT2D eigenvalue weighted by Gasteiger charge is 2.67. The van der Waals surface area contributed by atoms with E-state index in [1.165, 1.54) is 13.0 Å². The molecule has 0 spiro atoms. The molecule has 6 heteroatoms. The molecule has 0 unspecified atom stereocenters. The summed E-state index contributed by atoms with van der Waals surface area (Å²) in [6, 6.07) is 0. The highest BCUT2D eigenvalue weighted by atomic mass is 16.5. The Labute approximate surface area is 175 Å². The molecule has 5 atom stereocenters. The van der Waals surface area contributed by atoms with Crippen LogP contribution < -0.4 is 0 Å². The minimum Gasteiger partial charge on any atom is -0.458 e. The van der Waals surface area contributed by atoms with Gasteiger partial charge in [0.05, 0.1) is 0 Å². The molecule has 0 aromatic carbocycles. The monoisotopic (exact) mass is 410 g/mol. The molecule has 0 aromatic heterocycles. The van der Waals surface area contributed by atoms with Gasteiger partial charge in [-0.05, 0) is 48.5 Å². The molecule has 6 nitrogen and oxygen atoms in total. The minimum absolute atomic E-state index is 0.0155. The fraction of sp³-hybridized carbons (Fsp3) is 0.500. The average Bonchev–Trinajstić information content (AvgIpc) is 2.87. The maximum atomic E-state index is 13.5. The molecule has 158 valence electrons. The van der Waals surface area contributed by atoms with Gasteiger partial charge >= 0.3 is 5.97 Å². The van der Waals surface area contributed by atoms with Crippen LogP contribution in [-0.4, -0.2) is 40.6 Å². The fourth-order valence-electron chi connectivity index (χ4n) is 6.08. The molecule has 0 bridgehead atoms. The Bertz CT molecular complexity index is 1010. The zero-order valence-electron chi connectivity index (χ0n) is 17.7. The standard InChI is InChI=1S/C24H26O6/c1-13-9-18-17-6-5-15-10-16(26)7-8-22(15,3)21(17)19(27)11-23(18,4)24(13,29)20(28)12-30-14(2)25/h5-8,10,13,18,29H,9,11-12H2,1-4H3/t13-,18-,22-,23-,24-/m0/s1. The Morgan fingerprint density at radius 2 is 1.90 bits per heavy atom. The van der Waals surface area contributed by atoms with Crippen molar-refractivity contribution in [2.45, 2.75) is 46.1 Å². The van der Waals surface area contributed by atoms with Gasteiger partial charge in [0.25, 0.3) is 0 Å². The lowest BCUT2D eigenvalue weighted by Crippen LogP contribution is -2.58. The van der Waals surface area contributed by atoms with E-state index in [0.29, 0.717) is 12.0 Å². The van der Waals surface area contributed by atoms with Gasteiger partial charge in [0.1, 0.15) is 5.60 Å². The first kappa shape index (κ1) is 20.7. The number of hydrogen-bond donors (Lipinski definition) is 1. The van der Waals surface area contributed by atoms with Crippen molar-refractivity contribution in [3.05, 3.63) is 47.1 Å². The number of fused-ring (bicyclic) bond motifs is 4. The van der Waals surface area contributed by atoms with Crippen molar-refractivity contribution in [2.75, 3.05) is 6.61 Å². The summed E-state index contributed by atoms with van der Waals surface area (Å²) in [6.45, 7) is 6.22. The van der Waals surface area contributed by atoms with Crippen molar-refractivity contribution < 1.29 is 29.0 Å². The first-order valence-electron chi connectivity index (χ1n) is 10.3. The molecule has 0 radical (unpaired) electrons. The molecule has 4 rings (SSSR count). The third kappa shape index (κ3) is 2.52. The molecule has 4 aliphatic carbocycles. The third-order valence-corrected chi connectivity index (χ3v) is 7.68. The van der Waals surface area contributed by atoms with E-state index in [4.69, 9.17) is 4.74 Å². The van der Waals surface area contributed by atoms with Crippen molar-refractivity contribution in [2.24, 2.45) is 22.7 Å². The van der Waals surface area contributed by atoms with Crippen LogP contribution in [0.5, 0.6) is 0 Å². The van der Waals surface area contributed by atoms with Crippen molar-refractivity contribution in [1.29, 1.82) is 0 Å². The van der Waals surface area contributed by atoms with E-state index in [2.05, 4.69) is 0 Å². The predicted molar refractivity (Wildman–Crippen MR) is 108 cm³/mol. The zero-order valence-corrected chi connectivity index (χ0v) is 17.7. The summed E-state index contributed by atoms with van der Waals surface area (Å²) in [7, 11) is 0. The van der Waals surface area contributed by atoms with E-state index < -0.39 is 40.7 Å². The number of hydrogen-bond acceptors (Lipinski definition) is 6. The Morgan fingerprint density at radius 1 is 1.20 bits per heavy atom. The average molecular weight is 410 g/mol. The van der Waals surface area contributed by atoms with Gasteiger partial charge < -0.3 is 9.84 Å². The van der Waals surface area contributed by atoms with Crippen LogP contribution >= 0.6 is 0 Å². The number of ketones is 3. The van der Waals surface area contributed by atoms with E-state index in [9.17, 15) is 24.3 Å². The number of carbonyl (C=O) groups is 4. The van der Waals surface area contributed by atoms with Crippen LogP contribution in [0.2, 0.25) is 0 Å². The van der Waals surface area contributed by atoms with Gasteiger partial charge in [-0.3, -0.25) is 19.2 Å². The molecule has 0 amide bonds. The van der Waals surface area contributed by atoms with Crippen LogP contribution in [0.3, 0.4) is 0 Å². The van der Waals surface area contributed by atoms with Crippen LogP contribution in [0.1, 0.15) is 40.5 Å². The molecule has 0 aromatic rings. The van der Waals surface area contributed by atoms with Crippen molar-refractivity contribution in [1.82, 2.24) is 0 Å². The number of ether oxygens (including phenoxy) is 1. The van der Waals surface area contributed by atoms with Crippen molar-refractivity contribution in [3.8, 4) is 0 Å². The SMILES string of the molecule is CC(=O)OCC(=O)[C@@]1(O)[C@@H](C)C[C@H]2C3=C(C(=O)C[C@@]21C)[C@@]1(C)C=CC(=O)C=C1C=C3. The second-order valence-corrected chi connectivity index (χ2v) is 9.38. The van der Waals surface area contributed by atoms with E-state index in [1.54, 1.807) is 26.0 Å². The predicted octanol–water partition coefficient (Wildman–Crippen LogP) is 2.42. The Morgan fingerprint density at radius 3 is 2.57 bits per heavy atom. The first-order valence-corrected chi connectivity index (χ1v) is 10.3. The van der Waals surface area contributed by atoms with Crippen LogP contribution in [-0.2, 0) is 23.9 Å². The first-order chi connectivity index (χ1) is 13.9. The van der Waals surface area contributed by atoms with Gasteiger partial charge in [0.15, 0.2) is 18.2 Å². The topological polar surface area (TPSA) is 97.7 Å². The Hall–Kier alpha value is -2.60. The number of allylic oxidation sites excluding steroid dienone is 8. The minimum atomic E-state index is -1.77. The Kier molecular flexibility index (Phi) is 4.44. The number of aliphatic hydroxyl groups is 1. The van der Waals surface area contributed by atoms with Crippen LogP contribution in [0.4, 0.5) is 0 Å². The normalized spacial score (nSPS) is 39.3. The molecule has 1 fully saturated rings. The second kappa shape index (κ2) is 6.45. The molecular formula is C24H26O6. The Balaban J connectivity index is 1.81. The van der Waals surface area contributed by atoms with Gasteiger partial charge in [-0.25, -0.2) is 0 Å². The van der Waals surface area contributed by atoms with Gasteiger partial charge in [0.2, 0.25) is 5.78 Å². The number of rotatable bonds is 3. The number of Topliss-reactive ketones (excluding diaryl/α,β-unsaturated/α-hetero) is 2. The van der Waals surface area contributed by atoms with Crippen molar-refractivity contribution in [3.63, 3.8) is 0 Å². The lowest BCUT2D eigenvalue weighted by Gasteiger charge is -2.49. The third-order valence-electron chi connectivity index (χ3n) is 7.68. The molecule has 0 aliphatic heterocycles. The van der Waals surface area contributed by atoms with E-state index >= 15 is 0 Å². The van der Waals surface area contributed by atoms with Gasteiger partial charge in [0, 0.05) is 29.7 Å². The van der Waals surface area contributed by atoms with Crippen LogP contribution in [0.15, 0.2) is 47.1 Å². The number of esters is 1. The second-order valence-electron chi connectivity index (χ2n) is 9.38. The highest BCUT2D eigenvalue weighted by Crippen LogP contribution is 2.64. The molecule has 1 N–H and O–H groups in total. The zero-order chi connectivity index (χ0) is 22.1. The molecule has 30 heavy (non-hydrogen) atoms. The fourth-order valence-corrected chi connectivity index (χ4v) is 6.08. The molecule has 1 saturated carbocycles. The summed E-state index contributed by atoms with van der Waals surface area (Å²) in [6.07, 6.45) is 9.10. The summed E-state index contributed by atoms with van der Waals surface area (Å²) in [4.78, 5) is 49.5. The van der Waals surface area contributed by atoms with E-state index in [1.807, 2.05) is 19.1 Å². The lowest BCUT2D eigenvalue weighted by atomic mass is 9.54. The van der Waals surface area contributed by atoms with E-state index in [0.717, 1.165) is 11.1 Å². The maximum absolute atomic E-state index is 13.5. The molecular weight excluding hydrogens is 384 g/mol. The smallest absolute Gasteiger partial charge is 0.303 e. The van der Waals surface area contributed by atoms with E-state index in [-0.39, 0.29) is 23.9 Å². The van der Waals surface area contributed by atoms with Gasteiger partial charge in [-0.1, -0.05) is 32.1 Å². The summed E-state index contributed by atoms with van der Waals surface area (Å²) >= 11 is 0. The van der Waals surface area contributed by atoms with Gasteiger partial charge in [-0.15, -0.1) is 0 Å². The molecule has 0 heterocycles. The van der Waals surface area contributed by atoms with Gasteiger partial charge in [-0.2, -0.15) is 0 Å². The number of carbonyl (C=O) groups excluding carboxylic acids is 4. The molecule has 0 saturated heterocycles. The molecule has 4 aliphatic rings. The highest BCUT2D eigenvalue weighted by molar-refractivity contribution is 6.07. The van der Waals surface area contributed by atoms with Crippen molar-refractivity contribution >= 4 is 23.3 Å². The summed E-state index contributed by atoms with van der Waals surface area (Å²) in [5.74, 6) is -2.01. The lowest BCUT2D eigenvalue weighted by molar-refractivity contribution is -0.167. The van der Waals surface area contributed by atoms with Crippen LogP contribution in [0, 0.1) is 22.7 Å². The maximum Gasteiger partial charge on any atom is 0.303 e.